The van der Waals surface area contributed by atoms with Crippen LogP contribution in [0.1, 0.15) is 42.3 Å². The number of nitrogens with zero attached hydrogens (tertiary/aromatic N) is 2. The van der Waals surface area contributed by atoms with Crippen molar-refractivity contribution in [3.63, 3.8) is 0 Å². The van der Waals surface area contributed by atoms with E-state index in [0.717, 1.165) is 28.0 Å². The highest BCUT2D eigenvalue weighted by atomic mass is 16.5. The third-order valence-electron chi connectivity index (χ3n) is 6.14. The number of carbonyl (C=O) groups excluding carboxylic acids is 1. The molecule has 2 atom stereocenters. The van der Waals surface area contributed by atoms with Crippen LogP contribution in [0.25, 0.3) is 11.4 Å². The van der Waals surface area contributed by atoms with E-state index in [1.54, 1.807) is 11.7 Å². The van der Waals surface area contributed by atoms with E-state index in [4.69, 9.17) is 14.5 Å². The summed E-state index contributed by atoms with van der Waals surface area (Å²) < 4.78 is 12.6. The third-order valence-corrected chi connectivity index (χ3v) is 6.14. The van der Waals surface area contributed by atoms with E-state index in [-0.39, 0.29) is 17.6 Å². The van der Waals surface area contributed by atoms with E-state index in [1.165, 1.54) is 6.92 Å². The Morgan fingerprint density at radius 2 is 1.97 bits per heavy atom. The summed E-state index contributed by atoms with van der Waals surface area (Å²) in [6.45, 7) is 7.61. The van der Waals surface area contributed by atoms with Crippen LogP contribution in [0.15, 0.2) is 47.3 Å². The van der Waals surface area contributed by atoms with Gasteiger partial charge in [0.05, 0.1) is 18.8 Å². The quantitative estimate of drug-likeness (QED) is 0.571. The fourth-order valence-corrected chi connectivity index (χ4v) is 4.55. The van der Waals surface area contributed by atoms with Gasteiger partial charge in [-0.05, 0) is 55.7 Å². The first-order valence-electron chi connectivity index (χ1n) is 11.1. The smallest absolute Gasteiger partial charge is 0.302 e. The topological polar surface area (TPSA) is 82.4 Å². The molecule has 0 radical (unpaired) electrons. The number of carbonyl (C=O) groups is 1. The van der Waals surface area contributed by atoms with Gasteiger partial charge in [0.15, 0.2) is 0 Å². The number of aryl methyl sites for hydroxylation is 2. The maximum absolute atomic E-state index is 13.6. The molecule has 7 heteroatoms. The van der Waals surface area contributed by atoms with Crippen molar-refractivity contribution in [3.8, 4) is 17.1 Å². The van der Waals surface area contributed by atoms with Crippen LogP contribution in [-0.2, 0) is 22.5 Å². The number of ether oxygens (including phenoxy) is 2. The van der Waals surface area contributed by atoms with Crippen LogP contribution >= 0.6 is 0 Å². The molecule has 0 fully saturated rings. The van der Waals surface area contributed by atoms with E-state index in [0.29, 0.717) is 30.2 Å². The van der Waals surface area contributed by atoms with Crippen LogP contribution in [-0.4, -0.2) is 28.7 Å². The lowest BCUT2D eigenvalue weighted by atomic mass is 10.1. The second kappa shape index (κ2) is 9.10. The Morgan fingerprint density at radius 3 is 2.64 bits per heavy atom. The molecule has 7 nitrogen and oxygen atoms in total. The van der Waals surface area contributed by atoms with Gasteiger partial charge in [0.2, 0.25) is 0 Å². The molecule has 0 spiro atoms. The number of esters is 1. The lowest BCUT2D eigenvalue weighted by Crippen LogP contribution is -2.32. The minimum atomic E-state index is -0.391. The molecule has 1 unspecified atom stereocenters. The molecular weight excluding hydrogens is 418 g/mol. The summed E-state index contributed by atoms with van der Waals surface area (Å²) >= 11 is 0. The zero-order valence-corrected chi connectivity index (χ0v) is 19.6. The van der Waals surface area contributed by atoms with E-state index in [2.05, 4.69) is 5.32 Å². The summed E-state index contributed by atoms with van der Waals surface area (Å²) in [6, 6.07) is 13.4. The van der Waals surface area contributed by atoms with Gasteiger partial charge < -0.3 is 14.8 Å². The molecule has 1 aromatic heterocycles. The Kier molecular flexibility index (Phi) is 6.22. The highest BCUT2D eigenvalue weighted by Gasteiger charge is 2.35. The number of nitrogens with one attached hydrogen (secondary N) is 1. The molecule has 0 amide bonds. The molecule has 172 valence electrons. The van der Waals surface area contributed by atoms with E-state index >= 15 is 0 Å². The number of anilines is 1. The molecule has 0 saturated carbocycles. The fourth-order valence-electron chi connectivity index (χ4n) is 4.55. The Labute approximate surface area is 193 Å². The Bertz CT molecular complexity index is 1260. The van der Waals surface area contributed by atoms with Crippen molar-refractivity contribution in [2.45, 2.75) is 52.8 Å². The molecule has 1 N–H and O–H groups in total. The van der Waals surface area contributed by atoms with Crippen molar-refractivity contribution in [1.82, 2.24) is 9.55 Å². The van der Waals surface area contributed by atoms with E-state index in [1.807, 2.05) is 63.2 Å². The maximum atomic E-state index is 13.6. The van der Waals surface area contributed by atoms with Crippen molar-refractivity contribution in [2.24, 2.45) is 0 Å². The number of hydrogen-bond acceptors (Lipinski definition) is 6. The van der Waals surface area contributed by atoms with Gasteiger partial charge >= 0.3 is 5.97 Å². The second-order valence-corrected chi connectivity index (χ2v) is 8.30. The Balaban J connectivity index is 1.78. The molecule has 0 aliphatic heterocycles. The van der Waals surface area contributed by atoms with E-state index in [9.17, 15) is 9.59 Å². The first kappa shape index (κ1) is 22.6. The van der Waals surface area contributed by atoms with Gasteiger partial charge in [0.25, 0.3) is 5.56 Å². The molecule has 3 aromatic rings. The third kappa shape index (κ3) is 4.23. The van der Waals surface area contributed by atoms with Gasteiger partial charge in [-0.3, -0.25) is 14.2 Å². The Hall–Kier alpha value is -3.61. The van der Waals surface area contributed by atoms with Crippen molar-refractivity contribution >= 4 is 11.7 Å². The van der Waals surface area contributed by atoms with Crippen molar-refractivity contribution < 1.29 is 14.3 Å². The number of aromatic nitrogens is 2. The van der Waals surface area contributed by atoms with Crippen LogP contribution in [0, 0.1) is 13.8 Å². The molecule has 0 bridgehead atoms. The summed E-state index contributed by atoms with van der Waals surface area (Å²) in [4.78, 5) is 30.2. The lowest BCUT2D eigenvalue weighted by molar-refractivity contribution is -0.146. The molecule has 1 aliphatic carbocycles. The van der Waals surface area contributed by atoms with Crippen LogP contribution in [0.4, 0.5) is 5.69 Å². The zero-order valence-electron chi connectivity index (χ0n) is 19.6. The van der Waals surface area contributed by atoms with Gasteiger partial charge in [0.1, 0.15) is 23.4 Å². The molecule has 4 rings (SSSR count). The molecule has 2 aromatic carbocycles. The van der Waals surface area contributed by atoms with Gasteiger partial charge in [-0.15, -0.1) is 0 Å². The molecular formula is C26H29N3O4. The van der Waals surface area contributed by atoms with Gasteiger partial charge in [0, 0.05) is 25.5 Å². The molecule has 33 heavy (non-hydrogen) atoms. The van der Waals surface area contributed by atoms with Gasteiger partial charge in [-0.2, -0.15) is 0 Å². The monoisotopic (exact) mass is 447 g/mol. The summed E-state index contributed by atoms with van der Waals surface area (Å²) in [7, 11) is 1.63. The van der Waals surface area contributed by atoms with Crippen molar-refractivity contribution in [3.05, 3.63) is 75.2 Å². The van der Waals surface area contributed by atoms with Crippen LogP contribution < -0.4 is 15.6 Å². The minimum absolute atomic E-state index is 0.152. The normalized spacial score (nSPS) is 16.9. The summed E-state index contributed by atoms with van der Waals surface area (Å²) in [5.74, 6) is 1.04. The van der Waals surface area contributed by atoms with Crippen molar-refractivity contribution in [2.75, 3.05) is 12.4 Å². The predicted octanol–water partition coefficient (Wildman–Crippen LogP) is 4.20. The minimum Gasteiger partial charge on any atom is -0.497 e. The second-order valence-electron chi connectivity index (χ2n) is 8.30. The van der Waals surface area contributed by atoms with Gasteiger partial charge in [-0.25, -0.2) is 4.98 Å². The first-order chi connectivity index (χ1) is 15.8. The number of benzene rings is 2. The summed E-state index contributed by atoms with van der Waals surface area (Å²) in [6.07, 6.45) is 0.211. The largest absolute Gasteiger partial charge is 0.497 e. The lowest BCUT2D eigenvalue weighted by Gasteiger charge is -2.24. The molecule has 0 saturated heterocycles. The molecule has 1 aliphatic rings. The SMILES string of the molecule is CCn1c(-c2ccc(OC)cc2C)nc(C)c(NC2c3ccccc3C[C@@H]2OC(C)=O)c1=O. The van der Waals surface area contributed by atoms with E-state index < -0.39 is 6.10 Å². The standard InChI is InChI=1S/C26H29N3O4/c1-6-29-25(20-12-11-19(32-5)13-15(20)2)27-16(3)23(26(29)31)28-24-21-10-8-7-9-18(21)14-22(24)33-17(4)30/h7-13,22,24,28H,6,14H2,1-5H3/t22-,24?/m0/s1. The first-order valence-corrected chi connectivity index (χ1v) is 11.1. The zero-order chi connectivity index (χ0) is 23.7. The van der Waals surface area contributed by atoms with Crippen LogP contribution in [0.3, 0.4) is 0 Å². The Morgan fingerprint density at radius 1 is 1.21 bits per heavy atom. The van der Waals surface area contributed by atoms with Crippen molar-refractivity contribution in [1.29, 1.82) is 0 Å². The number of hydrogen-bond donors (Lipinski definition) is 1. The predicted molar refractivity (Wildman–Crippen MR) is 128 cm³/mol. The molecule has 1 heterocycles. The average Bonchev–Trinajstić information content (AvgIpc) is 3.12. The highest BCUT2D eigenvalue weighted by molar-refractivity contribution is 5.67. The van der Waals surface area contributed by atoms with Gasteiger partial charge in [-0.1, -0.05) is 24.3 Å². The van der Waals surface area contributed by atoms with Crippen LogP contribution in [0.5, 0.6) is 5.75 Å². The summed E-state index contributed by atoms with van der Waals surface area (Å²) in [5, 5.41) is 3.38. The fraction of sp³-hybridized carbons (Fsp3) is 0.346. The van der Waals surface area contributed by atoms with Crippen LogP contribution in [0.2, 0.25) is 0 Å². The number of methoxy groups -OCH3 is 1. The number of fused-ring (bicyclic) bond motifs is 1. The highest BCUT2D eigenvalue weighted by Crippen LogP contribution is 2.36. The summed E-state index contributed by atoms with van der Waals surface area (Å²) in [5.41, 5.74) is 4.86. The maximum Gasteiger partial charge on any atom is 0.302 e. The average molecular weight is 448 g/mol. The number of rotatable bonds is 6.